The van der Waals surface area contributed by atoms with Crippen LogP contribution in [0.2, 0.25) is 10.0 Å². The number of piperazine rings is 1. The van der Waals surface area contributed by atoms with E-state index in [9.17, 15) is 18.0 Å². The Morgan fingerprint density at radius 2 is 1.74 bits per heavy atom. The van der Waals surface area contributed by atoms with Crippen LogP contribution in [0.3, 0.4) is 0 Å². The summed E-state index contributed by atoms with van der Waals surface area (Å²) in [5.41, 5.74) is 0.554. The molecule has 0 aliphatic carbocycles. The van der Waals surface area contributed by atoms with Crippen molar-refractivity contribution in [3.8, 4) is 0 Å². The lowest BCUT2D eigenvalue weighted by Crippen LogP contribution is -2.54. The number of hydrogen-bond acceptors (Lipinski definition) is 5. The first-order valence-corrected chi connectivity index (χ1v) is 12.7. The highest BCUT2D eigenvalue weighted by atomic mass is 35.5. The summed E-state index contributed by atoms with van der Waals surface area (Å²) in [6.07, 6.45) is 0.905. The number of hydrogen-bond donors (Lipinski definition) is 0. The van der Waals surface area contributed by atoms with Gasteiger partial charge in [-0.25, -0.2) is 17.5 Å². The Bertz CT molecular complexity index is 919. The third-order valence-corrected chi connectivity index (χ3v) is 8.13. The molecule has 0 radical (unpaired) electrons. The van der Waals surface area contributed by atoms with Crippen LogP contribution in [0, 0.1) is 5.92 Å². The summed E-state index contributed by atoms with van der Waals surface area (Å²) in [5.74, 6) is -0.632. The highest BCUT2D eigenvalue weighted by Crippen LogP contribution is 2.26. The molecule has 2 aliphatic heterocycles. The average Bonchev–Trinajstić information content (AvgIpc) is 2.76. The quantitative estimate of drug-likeness (QED) is 0.631. The number of carbonyl (C=O) groups is 2. The molecule has 0 spiro atoms. The van der Waals surface area contributed by atoms with E-state index >= 15 is 0 Å². The van der Waals surface area contributed by atoms with Crippen molar-refractivity contribution in [2.24, 2.45) is 5.92 Å². The van der Waals surface area contributed by atoms with Gasteiger partial charge in [0.25, 0.3) is 0 Å². The number of ether oxygens (including phenoxy) is 1. The summed E-state index contributed by atoms with van der Waals surface area (Å²) in [6.45, 7) is 4.29. The number of sulfonamides is 1. The van der Waals surface area contributed by atoms with Crippen molar-refractivity contribution >= 4 is 45.2 Å². The van der Waals surface area contributed by atoms with E-state index in [0.29, 0.717) is 67.8 Å². The molecule has 2 heterocycles. The average molecular weight is 492 g/mol. The zero-order chi connectivity index (χ0) is 22.6. The van der Waals surface area contributed by atoms with Gasteiger partial charge in [0.15, 0.2) is 0 Å². The number of nitrogens with zero attached hydrogens (tertiary/aromatic N) is 3. The van der Waals surface area contributed by atoms with Crippen LogP contribution in [0.15, 0.2) is 18.2 Å². The van der Waals surface area contributed by atoms with Gasteiger partial charge in [0, 0.05) is 39.3 Å². The molecule has 2 aliphatic rings. The van der Waals surface area contributed by atoms with E-state index in [1.54, 1.807) is 34.9 Å². The van der Waals surface area contributed by atoms with Crippen molar-refractivity contribution in [3.05, 3.63) is 33.8 Å². The van der Waals surface area contributed by atoms with Crippen LogP contribution in [0.1, 0.15) is 25.3 Å². The van der Waals surface area contributed by atoms with Crippen LogP contribution in [-0.4, -0.2) is 80.4 Å². The number of rotatable bonds is 5. The summed E-state index contributed by atoms with van der Waals surface area (Å²) >= 11 is 11.9. The van der Waals surface area contributed by atoms with E-state index in [1.807, 2.05) is 0 Å². The maximum atomic E-state index is 13.0. The summed E-state index contributed by atoms with van der Waals surface area (Å²) in [7, 11) is -3.60. The second-order valence-corrected chi connectivity index (χ2v) is 10.5. The molecule has 31 heavy (non-hydrogen) atoms. The largest absolute Gasteiger partial charge is 0.450 e. The van der Waals surface area contributed by atoms with Crippen molar-refractivity contribution in [1.29, 1.82) is 0 Å². The molecule has 1 atom stereocenters. The monoisotopic (exact) mass is 491 g/mol. The van der Waals surface area contributed by atoms with E-state index in [1.165, 1.54) is 4.31 Å². The molecule has 0 saturated carbocycles. The maximum absolute atomic E-state index is 13.0. The Morgan fingerprint density at radius 1 is 1.06 bits per heavy atom. The third-order valence-electron chi connectivity index (χ3n) is 5.58. The Kier molecular flexibility index (Phi) is 8.07. The van der Waals surface area contributed by atoms with E-state index in [4.69, 9.17) is 27.9 Å². The van der Waals surface area contributed by atoms with Gasteiger partial charge in [-0.15, -0.1) is 0 Å². The minimum Gasteiger partial charge on any atom is -0.450 e. The molecular formula is C20H27Cl2N3O5S. The SMILES string of the molecule is CCOC(=O)N1CCN(C(=O)[C@H]2CCCN(S(=O)(=O)Cc3ccc(Cl)c(Cl)c3)C2)CC1. The van der Waals surface area contributed by atoms with Gasteiger partial charge in [0.1, 0.15) is 0 Å². The fraction of sp³-hybridized carbons (Fsp3) is 0.600. The highest BCUT2D eigenvalue weighted by Gasteiger charge is 2.35. The minimum absolute atomic E-state index is 0.0575. The van der Waals surface area contributed by atoms with Gasteiger partial charge in [-0.1, -0.05) is 29.3 Å². The first-order valence-electron chi connectivity index (χ1n) is 10.3. The molecule has 0 N–H and O–H groups in total. The second kappa shape index (κ2) is 10.4. The van der Waals surface area contributed by atoms with E-state index < -0.39 is 10.0 Å². The molecule has 1 aromatic rings. The molecule has 2 fully saturated rings. The van der Waals surface area contributed by atoms with Crippen molar-refractivity contribution in [1.82, 2.24) is 14.1 Å². The van der Waals surface area contributed by atoms with E-state index in [0.717, 1.165) is 0 Å². The van der Waals surface area contributed by atoms with Gasteiger partial charge < -0.3 is 14.5 Å². The third kappa shape index (κ3) is 6.03. The summed E-state index contributed by atoms with van der Waals surface area (Å²) in [4.78, 5) is 28.1. The van der Waals surface area contributed by atoms with Crippen molar-refractivity contribution in [2.75, 3.05) is 45.9 Å². The van der Waals surface area contributed by atoms with Crippen LogP contribution in [-0.2, 0) is 25.3 Å². The lowest BCUT2D eigenvalue weighted by molar-refractivity contribution is -0.138. The highest BCUT2D eigenvalue weighted by molar-refractivity contribution is 7.88. The molecule has 1 aromatic carbocycles. The Hall–Kier alpha value is -1.55. The van der Waals surface area contributed by atoms with Gasteiger partial charge in [-0.2, -0.15) is 0 Å². The van der Waals surface area contributed by atoms with E-state index in [-0.39, 0.29) is 30.2 Å². The standard InChI is InChI=1S/C20H27Cl2N3O5S/c1-2-30-20(27)24-10-8-23(9-11-24)19(26)16-4-3-7-25(13-16)31(28,29)14-15-5-6-17(21)18(22)12-15/h5-6,12,16H,2-4,7-11,13-14H2,1H3/t16-/m0/s1. The van der Waals surface area contributed by atoms with E-state index in [2.05, 4.69) is 0 Å². The second-order valence-electron chi connectivity index (χ2n) is 7.71. The molecule has 172 valence electrons. The summed E-state index contributed by atoms with van der Waals surface area (Å²) in [6, 6.07) is 4.77. The number of piperidine rings is 1. The Balaban J connectivity index is 1.59. The predicted octanol–water partition coefficient (Wildman–Crippen LogP) is 2.84. The molecule has 0 bridgehead atoms. The van der Waals surface area contributed by atoms with Crippen molar-refractivity contribution in [3.63, 3.8) is 0 Å². The van der Waals surface area contributed by atoms with Crippen molar-refractivity contribution < 1.29 is 22.7 Å². The fourth-order valence-electron chi connectivity index (χ4n) is 3.91. The summed E-state index contributed by atoms with van der Waals surface area (Å²) < 4.78 is 32.3. The van der Waals surface area contributed by atoms with Gasteiger partial charge in [-0.3, -0.25) is 4.79 Å². The first-order chi connectivity index (χ1) is 14.7. The number of halogens is 2. The zero-order valence-electron chi connectivity index (χ0n) is 17.4. The molecule has 0 aromatic heterocycles. The number of benzene rings is 1. The maximum Gasteiger partial charge on any atom is 0.409 e. The van der Waals surface area contributed by atoms with Crippen LogP contribution >= 0.6 is 23.2 Å². The zero-order valence-corrected chi connectivity index (χ0v) is 19.8. The fourth-order valence-corrected chi connectivity index (χ4v) is 5.83. The van der Waals surface area contributed by atoms with Crippen LogP contribution in [0.4, 0.5) is 4.79 Å². The van der Waals surface area contributed by atoms with Gasteiger partial charge in [0.2, 0.25) is 15.9 Å². The Labute approximate surface area is 193 Å². The predicted molar refractivity (Wildman–Crippen MR) is 119 cm³/mol. The Morgan fingerprint density at radius 3 is 2.39 bits per heavy atom. The lowest BCUT2D eigenvalue weighted by atomic mass is 9.98. The molecule has 3 rings (SSSR count). The molecule has 0 unspecified atom stereocenters. The van der Waals surface area contributed by atoms with Gasteiger partial charge in [0.05, 0.1) is 28.3 Å². The van der Waals surface area contributed by atoms with Crippen LogP contribution in [0.25, 0.3) is 0 Å². The summed E-state index contributed by atoms with van der Waals surface area (Å²) in [5, 5.41) is 0.678. The van der Waals surface area contributed by atoms with Gasteiger partial charge in [-0.05, 0) is 37.5 Å². The minimum atomic E-state index is -3.60. The molecule has 2 amide bonds. The molecule has 11 heteroatoms. The van der Waals surface area contributed by atoms with Crippen LogP contribution in [0.5, 0.6) is 0 Å². The topological polar surface area (TPSA) is 87.2 Å². The first kappa shape index (κ1) is 24.1. The number of carbonyl (C=O) groups excluding carboxylic acids is 2. The molecule has 8 nitrogen and oxygen atoms in total. The van der Waals surface area contributed by atoms with Crippen LogP contribution < -0.4 is 0 Å². The molecule has 2 saturated heterocycles. The molecular weight excluding hydrogens is 465 g/mol. The number of amides is 2. The van der Waals surface area contributed by atoms with Gasteiger partial charge >= 0.3 is 6.09 Å². The smallest absolute Gasteiger partial charge is 0.409 e. The van der Waals surface area contributed by atoms with Crippen molar-refractivity contribution in [2.45, 2.75) is 25.5 Å². The normalized spacial score (nSPS) is 20.5. The lowest BCUT2D eigenvalue weighted by Gasteiger charge is -2.38.